The highest BCUT2D eigenvalue weighted by Crippen LogP contribution is 2.37. The molecule has 0 bridgehead atoms. The molecule has 3 nitrogen and oxygen atoms in total. The first-order valence-electron chi connectivity index (χ1n) is 8.83. The van der Waals surface area contributed by atoms with Crippen LogP contribution in [0.4, 0.5) is 26.3 Å². The molecule has 0 saturated carbocycles. The number of phenols is 1. The minimum atomic E-state index is -5.00. The molecular formula is C20H17F6NO2. The molecule has 0 aliphatic carbocycles. The summed E-state index contributed by atoms with van der Waals surface area (Å²) in [7, 11) is 0. The maximum atomic E-state index is 13.0. The SMILES string of the molecule is O=C(c1cc(C(F)(F)F)cc(C(F)(F)F)c1)N1CCC(c2ccc(O)cc2)CC1. The Morgan fingerprint density at radius 2 is 1.34 bits per heavy atom. The number of hydrogen-bond acceptors (Lipinski definition) is 2. The Kier molecular flexibility index (Phi) is 5.51. The van der Waals surface area contributed by atoms with Gasteiger partial charge in [-0.1, -0.05) is 12.1 Å². The molecule has 0 radical (unpaired) electrons. The molecule has 0 unspecified atom stereocenters. The number of nitrogens with zero attached hydrogens (tertiary/aromatic N) is 1. The van der Waals surface area contributed by atoms with Gasteiger partial charge in [0.2, 0.25) is 0 Å². The summed E-state index contributed by atoms with van der Waals surface area (Å²) in [5, 5.41) is 9.34. The fourth-order valence-corrected chi connectivity index (χ4v) is 3.42. The van der Waals surface area contributed by atoms with Crippen LogP contribution in [0.15, 0.2) is 42.5 Å². The average Bonchev–Trinajstić information content (AvgIpc) is 2.66. The molecule has 156 valence electrons. The van der Waals surface area contributed by atoms with Crippen LogP contribution in [0.25, 0.3) is 0 Å². The smallest absolute Gasteiger partial charge is 0.416 e. The van der Waals surface area contributed by atoms with Crippen LogP contribution in [0, 0.1) is 0 Å². The third kappa shape index (κ3) is 4.83. The molecule has 3 rings (SSSR count). The van der Waals surface area contributed by atoms with Gasteiger partial charge in [0.1, 0.15) is 5.75 Å². The lowest BCUT2D eigenvalue weighted by atomic mass is 9.89. The third-order valence-electron chi connectivity index (χ3n) is 4.98. The van der Waals surface area contributed by atoms with Gasteiger partial charge in [0.15, 0.2) is 0 Å². The Hall–Kier alpha value is -2.71. The van der Waals surface area contributed by atoms with E-state index in [9.17, 15) is 36.2 Å². The summed E-state index contributed by atoms with van der Waals surface area (Å²) in [6.45, 7) is 0.421. The normalized spacial score (nSPS) is 16.1. The predicted molar refractivity (Wildman–Crippen MR) is 92.4 cm³/mol. The zero-order valence-electron chi connectivity index (χ0n) is 15.0. The van der Waals surface area contributed by atoms with Gasteiger partial charge in [-0.3, -0.25) is 4.79 Å². The Bertz CT molecular complexity index is 849. The molecule has 1 aliphatic heterocycles. The Morgan fingerprint density at radius 1 is 0.862 bits per heavy atom. The van der Waals surface area contributed by atoms with Gasteiger partial charge in [-0.05, 0) is 54.7 Å². The molecule has 1 N–H and O–H groups in total. The maximum absolute atomic E-state index is 13.0. The Labute approximate surface area is 162 Å². The lowest BCUT2D eigenvalue weighted by Gasteiger charge is -2.32. The van der Waals surface area contributed by atoms with Crippen LogP contribution in [-0.2, 0) is 12.4 Å². The summed E-state index contributed by atoms with van der Waals surface area (Å²) in [4.78, 5) is 13.9. The van der Waals surface area contributed by atoms with Crippen molar-refractivity contribution >= 4 is 5.91 Å². The van der Waals surface area contributed by atoms with E-state index in [0.717, 1.165) is 5.56 Å². The molecular weight excluding hydrogens is 400 g/mol. The van der Waals surface area contributed by atoms with E-state index in [1.807, 2.05) is 0 Å². The van der Waals surface area contributed by atoms with E-state index < -0.39 is 35.0 Å². The molecule has 1 fully saturated rings. The van der Waals surface area contributed by atoms with E-state index in [1.165, 1.54) is 17.0 Å². The van der Waals surface area contributed by atoms with Crippen molar-refractivity contribution in [2.24, 2.45) is 0 Å². The number of benzene rings is 2. The highest BCUT2D eigenvalue weighted by molar-refractivity contribution is 5.94. The van der Waals surface area contributed by atoms with Crippen LogP contribution in [-0.4, -0.2) is 29.0 Å². The van der Waals surface area contributed by atoms with Gasteiger partial charge in [-0.2, -0.15) is 26.3 Å². The first-order valence-corrected chi connectivity index (χ1v) is 8.83. The number of phenolic OH excluding ortho intramolecular Hbond substituents is 1. The fourth-order valence-electron chi connectivity index (χ4n) is 3.42. The van der Waals surface area contributed by atoms with Crippen molar-refractivity contribution < 1.29 is 36.2 Å². The molecule has 0 spiro atoms. The number of piperidine rings is 1. The summed E-state index contributed by atoms with van der Waals surface area (Å²) < 4.78 is 78.0. The molecule has 1 heterocycles. The summed E-state index contributed by atoms with van der Waals surface area (Å²) >= 11 is 0. The quantitative estimate of drug-likeness (QED) is 0.661. The van der Waals surface area contributed by atoms with Crippen LogP contribution in [0.2, 0.25) is 0 Å². The topological polar surface area (TPSA) is 40.5 Å². The molecule has 1 amide bonds. The molecule has 29 heavy (non-hydrogen) atoms. The second-order valence-corrected chi connectivity index (χ2v) is 6.95. The standard InChI is InChI=1S/C20H17F6NO2/c21-19(22,23)15-9-14(10-16(11-15)20(24,25)26)18(29)27-7-5-13(6-8-27)12-1-3-17(28)4-2-12/h1-4,9-11,13,28H,5-8H2. The predicted octanol–water partition coefficient (Wildman–Crippen LogP) is 5.45. The summed E-state index contributed by atoms with van der Waals surface area (Å²) in [5.74, 6) is -0.649. The van der Waals surface area contributed by atoms with E-state index in [2.05, 4.69) is 0 Å². The highest BCUT2D eigenvalue weighted by atomic mass is 19.4. The first-order chi connectivity index (χ1) is 13.4. The first kappa shape index (κ1) is 21.0. The number of carbonyl (C=O) groups is 1. The van der Waals surface area contributed by atoms with Gasteiger partial charge in [0.25, 0.3) is 5.91 Å². The summed E-state index contributed by atoms with van der Waals surface area (Å²) in [5.41, 5.74) is -2.69. The number of alkyl halides is 6. The number of halogens is 6. The van der Waals surface area contributed by atoms with Crippen LogP contribution >= 0.6 is 0 Å². The Balaban J connectivity index is 1.79. The number of hydrogen-bond donors (Lipinski definition) is 1. The van der Waals surface area contributed by atoms with Crippen LogP contribution in [0.5, 0.6) is 5.75 Å². The van der Waals surface area contributed by atoms with E-state index in [1.54, 1.807) is 12.1 Å². The van der Waals surface area contributed by atoms with E-state index in [4.69, 9.17) is 0 Å². The van der Waals surface area contributed by atoms with E-state index in [0.29, 0.717) is 25.0 Å². The van der Waals surface area contributed by atoms with Crippen LogP contribution < -0.4 is 0 Å². The molecule has 2 aromatic rings. The zero-order valence-corrected chi connectivity index (χ0v) is 15.0. The van der Waals surface area contributed by atoms with Crippen LogP contribution in [0.1, 0.15) is 45.8 Å². The number of likely N-dealkylation sites (tertiary alicyclic amines) is 1. The van der Waals surface area contributed by atoms with Crippen LogP contribution in [0.3, 0.4) is 0 Å². The average molecular weight is 417 g/mol. The minimum Gasteiger partial charge on any atom is -0.508 e. The molecule has 1 saturated heterocycles. The van der Waals surface area contributed by atoms with Gasteiger partial charge in [0.05, 0.1) is 11.1 Å². The van der Waals surface area contributed by atoms with E-state index >= 15 is 0 Å². The second-order valence-electron chi connectivity index (χ2n) is 6.95. The summed E-state index contributed by atoms with van der Waals surface area (Å²) in [6.07, 6.45) is -8.96. The number of amides is 1. The van der Waals surface area contributed by atoms with Crippen molar-refractivity contribution in [2.75, 3.05) is 13.1 Å². The molecule has 1 aliphatic rings. The van der Waals surface area contributed by atoms with Gasteiger partial charge < -0.3 is 10.0 Å². The van der Waals surface area contributed by atoms with Crippen molar-refractivity contribution in [2.45, 2.75) is 31.1 Å². The van der Waals surface area contributed by atoms with Gasteiger partial charge in [-0.25, -0.2) is 0 Å². The molecule has 0 atom stereocenters. The molecule has 2 aromatic carbocycles. The third-order valence-corrected chi connectivity index (χ3v) is 4.98. The van der Waals surface area contributed by atoms with Crippen molar-refractivity contribution in [3.63, 3.8) is 0 Å². The molecule has 0 aromatic heterocycles. The molecule has 9 heteroatoms. The number of aromatic hydroxyl groups is 1. The minimum absolute atomic E-state index is 0.00777. The van der Waals surface area contributed by atoms with Gasteiger partial charge in [-0.15, -0.1) is 0 Å². The number of carbonyl (C=O) groups excluding carboxylic acids is 1. The van der Waals surface area contributed by atoms with Gasteiger partial charge >= 0.3 is 12.4 Å². The van der Waals surface area contributed by atoms with Crippen molar-refractivity contribution in [3.8, 4) is 5.75 Å². The van der Waals surface area contributed by atoms with Crippen molar-refractivity contribution in [1.82, 2.24) is 4.90 Å². The monoisotopic (exact) mass is 417 g/mol. The lowest BCUT2D eigenvalue weighted by Crippen LogP contribution is -2.38. The second kappa shape index (κ2) is 7.61. The zero-order chi connectivity index (χ0) is 21.4. The highest BCUT2D eigenvalue weighted by Gasteiger charge is 2.38. The maximum Gasteiger partial charge on any atom is 0.416 e. The summed E-state index contributed by atoms with van der Waals surface area (Å²) in [6, 6.07) is 7.50. The fraction of sp³-hybridized carbons (Fsp3) is 0.350. The van der Waals surface area contributed by atoms with Crippen molar-refractivity contribution in [1.29, 1.82) is 0 Å². The lowest BCUT2D eigenvalue weighted by molar-refractivity contribution is -0.143. The van der Waals surface area contributed by atoms with Crippen molar-refractivity contribution in [3.05, 3.63) is 64.7 Å². The number of rotatable bonds is 2. The van der Waals surface area contributed by atoms with Gasteiger partial charge in [0, 0.05) is 18.7 Å². The Morgan fingerprint density at radius 3 is 1.79 bits per heavy atom. The largest absolute Gasteiger partial charge is 0.508 e. The van der Waals surface area contributed by atoms with E-state index in [-0.39, 0.29) is 30.8 Å².